The number of hydrogen-bond donors (Lipinski definition) is 3. The highest BCUT2D eigenvalue weighted by atomic mass is 16.4. The van der Waals surface area contributed by atoms with Gasteiger partial charge in [0.15, 0.2) is 0 Å². The number of nitrogens with one attached hydrogen (secondary N) is 2. The van der Waals surface area contributed by atoms with Gasteiger partial charge in [0, 0.05) is 48.7 Å². The van der Waals surface area contributed by atoms with Gasteiger partial charge in [-0.05, 0) is 31.0 Å². The summed E-state index contributed by atoms with van der Waals surface area (Å²) in [4.78, 5) is 39.5. The van der Waals surface area contributed by atoms with Gasteiger partial charge in [-0.1, -0.05) is 58.9 Å². The SMILES string of the molecule is CNC(C(=O)N[C@H](C(=O)N(C)C/C=C(\C)C(=O)O)C(C)(C)C)C(C)(C)c1cn(C)c2ccccc12. The van der Waals surface area contributed by atoms with Crippen LogP contribution in [0.4, 0.5) is 0 Å². The molecule has 0 aliphatic heterocycles. The fourth-order valence-corrected chi connectivity index (χ4v) is 4.38. The molecule has 1 heterocycles. The highest BCUT2D eigenvalue weighted by Gasteiger charge is 2.41. The van der Waals surface area contributed by atoms with Crippen LogP contribution in [0.2, 0.25) is 0 Å². The number of carbonyl (C=O) groups excluding carboxylic acids is 2. The number of carboxylic acids is 1. The molecule has 2 amide bonds. The summed E-state index contributed by atoms with van der Waals surface area (Å²) in [5.41, 5.74) is 1.13. The predicted octanol–water partition coefficient (Wildman–Crippen LogP) is 3.06. The van der Waals surface area contributed by atoms with Crippen LogP contribution >= 0.6 is 0 Å². The van der Waals surface area contributed by atoms with Gasteiger partial charge in [0.05, 0.1) is 6.04 Å². The van der Waals surface area contributed by atoms with Crippen LogP contribution in [0, 0.1) is 5.41 Å². The number of carboxylic acid groups (broad SMARTS) is 1. The fraction of sp³-hybridized carbons (Fsp3) is 0.519. The van der Waals surface area contributed by atoms with Crippen LogP contribution in [0.5, 0.6) is 0 Å². The van der Waals surface area contributed by atoms with Crippen molar-refractivity contribution < 1.29 is 19.5 Å². The van der Waals surface area contributed by atoms with E-state index in [4.69, 9.17) is 5.11 Å². The standard InChI is InChI=1S/C27H40N4O4/c1-17(25(34)35)14-15-30(8)24(33)22(26(2,3)4)29-23(32)21(28-7)27(5,6)19-16-31(9)20-13-11-10-12-18(19)20/h10-14,16,21-22,28H,15H2,1-9H3,(H,29,32)(H,34,35)/b17-14+/t21?,22-/m1/s1. The quantitative estimate of drug-likeness (QED) is 0.475. The lowest BCUT2D eigenvalue weighted by Gasteiger charge is -2.38. The zero-order valence-corrected chi connectivity index (χ0v) is 22.4. The van der Waals surface area contributed by atoms with Crippen molar-refractivity contribution in [2.24, 2.45) is 12.5 Å². The zero-order valence-electron chi connectivity index (χ0n) is 22.4. The molecule has 1 aromatic heterocycles. The van der Waals surface area contributed by atoms with Crippen LogP contribution in [0.3, 0.4) is 0 Å². The maximum absolute atomic E-state index is 13.6. The highest BCUT2D eigenvalue weighted by Crippen LogP contribution is 2.34. The third-order valence-electron chi connectivity index (χ3n) is 6.65. The van der Waals surface area contributed by atoms with Gasteiger partial charge in [-0.2, -0.15) is 0 Å². The van der Waals surface area contributed by atoms with Crippen molar-refractivity contribution in [3.63, 3.8) is 0 Å². The Balaban J connectivity index is 2.34. The maximum Gasteiger partial charge on any atom is 0.331 e. The summed E-state index contributed by atoms with van der Waals surface area (Å²) in [5.74, 6) is -1.58. The zero-order chi connectivity index (χ0) is 26.7. The molecular formula is C27H40N4O4. The Hall–Kier alpha value is -3.13. The van der Waals surface area contributed by atoms with E-state index >= 15 is 0 Å². The first-order chi connectivity index (χ1) is 16.1. The van der Waals surface area contributed by atoms with Crippen LogP contribution in [-0.2, 0) is 26.8 Å². The Morgan fingerprint density at radius 3 is 2.26 bits per heavy atom. The number of aryl methyl sites for hydroxylation is 1. The lowest BCUT2D eigenvalue weighted by atomic mass is 9.76. The van der Waals surface area contributed by atoms with E-state index in [1.165, 1.54) is 17.9 Å². The smallest absolute Gasteiger partial charge is 0.331 e. The number of likely N-dealkylation sites (N-methyl/N-ethyl adjacent to an activating group) is 2. The van der Waals surface area contributed by atoms with Gasteiger partial charge in [0.2, 0.25) is 11.8 Å². The second-order valence-electron chi connectivity index (χ2n) is 10.8. The van der Waals surface area contributed by atoms with Gasteiger partial charge < -0.3 is 25.2 Å². The van der Waals surface area contributed by atoms with E-state index in [1.807, 2.05) is 59.9 Å². The number of benzene rings is 1. The minimum absolute atomic E-state index is 0.135. The fourth-order valence-electron chi connectivity index (χ4n) is 4.38. The Morgan fingerprint density at radius 1 is 1.11 bits per heavy atom. The molecule has 1 aromatic carbocycles. The number of aromatic nitrogens is 1. The Labute approximate surface area is 208 Å². The van der Waals surface area contributed by atoms with Crippen LogP contribution in [0.15, 0.2) is 42.1 Å². The Kier molecular flexibility index (Phi) is 8.55. The molecule has 0 spiro atoms. The first-order valence-electron chi connectivity index (χ1n) is 11.8. The van der Waals surface area contributed by atoms with Crippen LogP contribution in [0.25, 0.3) is 10.9 Å². The molecule has 0 bridgehead atoms. The molecule has 0 radical (unpaired) electrons. The van der Waals surface area contributed by atoms with E-state index in [9.17, 15) is 14.4 Å². The summed E-state index contributed by atoms with van der Waals surface area (Å²) in [6, 6.07) is 6.68. The lowest BCUT2D eigenvalue weighted by molar-refractivity contribution is -0.139. The summed E-state index contributed by atoms with van der Waals surface area (Å²) >= 11 is 0. The first-order valence-corrected chi connectivity index (χ1v) is 11.8. The number of para-hydroxylation sites is 1. The molecule has 0 saturated carbocycles. The largest absolute Gasteiger partial charge is 0.478 e. The average Bonchev–Trinajstić information content (AvgIpc) is 3.12. The molecule has 192 valence electrons. The van der Waals surface area contributed by atoms with Gasteiger partial charge in [-0.25, -0.2) is 4.79 Å². The summed E-state index contributed by atoms with van der Waals surface area (Å²) in [6.45, 7) is 11.3. The molecule has 3 N–H and O–H groups in total. The maximum atomic E-state index is 13.6. The van der Waals surface area contributed by atoms with Crippen molar-refractivity contribution in [1.29, 1.82) is 0 Å². The summed E-state index contributed by atoms with van der Waals surface area (Å²) in [6.07, 6.45) is 3.54. The number of hydrogen-bond acceptors (Lipinski definition) is 4. The molecule has 2 atom stereocenters. The van der Waals surface area contributed by atoms with E-state index in [2.05, 4.69) is 27.5 Å². The normalized spacial score (nSPS) is 14.5. The third kappa shape index (κ3) is 6.11. The van der Waals surface area contributed by atoms with Gasteiger partial charge in [-0.3, -0.25) is 9.59 Å². The summed E-state index contributed by atoms with van der Waals surface area (Å²) in [5, 5.41) is 16.3. The van der Waals surface area contributed by atoms with Crippen molar-refractivity contribution in [3.05, 3.63) is 47.7 Å². The van der Waals surface area contributed by atoms with E-state index in [1.54, 1.807) is 14.1 Å². The number of fused-ring (bicyclic) bond motifs is 1. The van der Waals surface area contributed by atoms with Crippen LogP contribution in [0.1, 0.15) is 47.1 Å². The number of nitrogens with zero attached hydrogens (tertiary/aromatic N) is 2. The van der Waals surface area contributed by atoms with E-state index in [-0.39, 0.29) is 23.9 Å². The number of carbonyl (C=O) groups is 3. The third-order valence-corrected chi connectivity index (χ3v) is 6.65. The van der Waals surface area contributed by atoms with Crippen molar-refractivity contribution >= 4 is 28.7 Å². The molecule has 8 heteroatoms. The Morgan fingerprint density at radius 2 is 1.71 bits per heavy atom. The average molecular weight is 485 g/mol. The van der Waals surface area contributed by atoms with Crippen LogP contribution in [-0.4, -0.2) is 65.1 Å². The van der Waals surface area contributed by atoms with Gasteiger partial charge in [0.1, 0.15) is 6.04 Å². The second kappa shape index (κ2) is 10.6. The van der Waals surface area contributed by atoms with E-state index in [0.717, 1.165) is 16.5 Å². The molecule has 2 aromatic rings. The highest BCUT2D eigenvalue weighted by molar-refractivity contribution is 5.93. The van der Waals surface area contributed by atoms with Crippen molar-refractivity contribution in [2.45, 2.75) is 59.0 Å². The summed E-state index contributed by atoms with van der Waals surface area (Å²) < 4.78 is 2.06. The molecular weight excluding hydrogens is 444 g/mol. The minimum Gasteiger partial charge on any atom is -0.478 e. The van der Waals surface area contributed by atoms with Crippen molar-refractivity contribution in [3.8, 4) is 0 Å². The topological polar surface area (TPSA) is 104 Å². The predicted molar refractivity (Wildman–Crippen MR) is 139 cm³/mol. The summed E-state index contributed by atoms with van der Waals surface area (Å²) in [7, 11) is 5.34. The van der Waals surface area contributed by atoms with E-state index in [0.29, 0.717) is 0 Å². The molecule has 0 fully saturated rings. The van der Waals surface area contributed by atoms with Gasteiger partial charge in [0.25, 0.3) is 0 Å². The minimum atomic E-state index is -1.03. The van der Waals surface area contributed by atoms with Crippen molar-refractivity contribution in [2.75, 3.05) is 20.6 Å². The van der Waals surface area contributed by atoms with Crippen LogP contribution < -0.4 is 10.6 Å². The number of amides is 2. The molecule has 2 rings (SSSR count). The molecule has 0 saturated heterocycles. The molecule has 0 aliphatic rings. The van der Waals surface area contributed by atoms with Gasteiger partial charge >= 0.3 is 5.97 Å². The number of rotatable bonds is 9. The molecule has 8 nitrogen and oxygen atoms in total. The lowest BCUT2D eigenvalue weighted by Crippen LogP contribution is -2.60. The first kappa shape index (κ1) is 28.1. The van der Waals surface area contributed by atoms with Gasteiger partial charge in [-0.15, -0.1) is 0 Å². The van der Waals surface area contributed by atoms with Crippen molar-refractivity contribution in [1.82, 2.24) is 20.1 Å². The molecule has 35 heavy (non-hydrogen) atoms. The molecule has 0 aliphatic carbocycles. The number of aliphatic carboxylic acids is 1. The Bertz CT molecular complexity index is 1120. The monoisotopic (exact) mass is 484 g/mol. The second-order valence-corrected chi connectivity index (χ2v) is 10.8. The molecule has 1 unspecified atom stereocenters. The van der Waals surface area contributed by atoms with E-state index < -0.39 is 28.9 Å².